The molecule has 48 valence electrons. The third-order valence-electron chi connectivity index (χ3n) is 0.887. The van der Waals surface area contributed by atoms with E-state index in [9.17, 15) is 0 Å². The first kappa shape index (κ1) is 6.35. The molecule has 0 unspecified atom stereocenters. The molecule has 0 aliphatic rings. The highest BCUT2D eigenvalue weighted by atomic mass is 79.9. The maximum atomic E-state index is 5.43. The number of hydrogen-bond acceptors (Lipinski definition) is 3. The zero-order valence-electron chi connectivity index (χ0n) is 4.63. The average Bonchev–Trinajstić information content (AvgIpc) is 1.80. The van der Waals surface area contributed by atoms with Gasteiger partial charge >= 0.3 is 0 Å². The lowest BCUT2D eigenvalue weighted by molar-refractivity contribution is 1.29. The third kappa shape index (κ3) is 1.32. The van der Waals surface area contributed by atoms with E-state index in [-0.39, 0.29) is 0 Å². The minimum absolute atomic E-state index is 0.565. The Kier molecular flexibility index (Phi) is 1.57. The molecular weight excluding hydrogens is 182 g/mol. The van der Waals surface area contributed by atoms with E-state index in [4.69, 9.17) is 11.5 Å². The van der Waals surface area contributed by atoms with Crippen molar-refractivity contribution in [2.24, 2.45) is 0 Å². The maximum Gasteiger partial charge on any atom is 0.129 e. The Labute approximate surface area is 61.2 Å². The van der Waals surface area contributed by atoms with E-state index in [1.54, 1.807) is 12.3 Å². The summed E-state index contributed by atoms with van der Waals surface area (Å²) in [7, 11) is 0. The molecule has 1 aromatic rings. The van der Waals surface area contributed by atoms with E-state index in [1.807, 2.05) is 0 Å². The van der Waals surface area contributed by atoms with Gasteiger partial charge in [0.1, 0.15) is 4.60 Å². The van der Waals surface area contributed by atoms with Crippen LogP contribution in [0.4, 0.5) is 11.4 Å². The highest BCUT2D eigenvalue weighted by Crippen LogP contribution is 2.17. The number of nitrogen functional groups attached to an aromatic ring is 2. The van der Waals surface area contributed by atoms with Crippen LogP contribution >= 0.6 is 15.9 Å². The first-order valence-electron chi connectivity index (χ1n) is 2.36. The molecule has 1 aromatic heterocycles. The summed E-state index contributed by atoms with van der Waals surface area (Å²) >= 11 is 3.14. The van der Waals surface area contributed by atoms with Crippen LogP contribution in [0.3, 0.4) is 0 Å². The van der Waals surface area contributed by atoms with Crippen LogP contribution in [0.5, 0.6) is 0 Å². The van der Waals surface area contributed by atoms with Crippen molar-refractivity contribution in [3.05, 3.63) is 16.9 Å². The minimum atomic E-state index is 0.565. The normalized spacial score (nSPS) is 9.44. The molecule has 0 amide bonds. The van der Waals surface area contributed by atoms with E-state index in [0.717, 1.165) is 0 Å². The second kappa shape index (κ2) is 2.23. The molecule has 0 aliphatic heterocycles. The Morgan fingerprint density at radius 1 is 1.44 bits per heavy atom. The molecule has 0 radical (unpaired) electrons. The molecule has 1 heterocycles. The molecule has 4 heteroatoms. The van der Waals surface area contributed by atoms with E-state index >= 15 is 0 Å². The summed E-state index contributed by atoms with van der Waals surface area (Å²) in [4.78, 5) is 3.84. The smallest absolute Gasteiger partial charge is 0.129 e. The second-order valence-corrected chi connectivity index (χ2v) is 2.40. The van der Waals surface area contributed by atoms with E-state index in [1.165, 1.54) is 0 Å². The van der Waals surface area contributed by atoms with Crippen molar-refractivity contribution in [2.45, 2.75) is 0 Å². The third-order valence-corrected chi connectivity index (χ3v) is 1.55. The number of rotatable bonds is 0. The number of anilines is 2. The van der Waals surface area contributed by atoms with Crippen molar-refractivity contribution in [2.75, 3.05) is 11.5 Å². The SMILES string of the molecule is Nc1cnc(Br)c(N)c1. The Morgan fingerprint density at radius 3 is 2.56 bits per heavy atom. The van der Waals surface area contributed by atoms with Gasteiger partial charge < -0.3 is 11.5 Å². The van der Waals surface area contributed by atoms with Gasteiger partial charge in [0.2, 0.25) is 0 Å². The monoisotopic (exact) mass is 187 g/mol. The van der Waals surface area contributed by atoms with Gasteiger partial charge in [0.15, 0.2) is 0 Å². The lowest BCUT2D eigenvalue weighted by atomic mass is 10.4. The summed E-state index contributed by atoms with van der Waals surface area (Å²) in [6.45, 7) is 0. The average molecular weight is 188 g/mol. The van der Waals surface area contributed by atoms with Crippen molar-refractivity contribution >= 4 is 27.3 Å². The van der Waals surface area contributed by atoms with Gasteiger partial charge in [-0.25, -0.2) is 4.98 Å². The van der Waals surface area contributed by atoms with Crippen LogP contribution < -0.4 is 11.5 Å². The predicted octanol–water partition coefficient (Wildman–Crippen LogP) is 1.01. The summed E-state index contributed by atoms with van der Waals surface area (Å²) < 4.78 is 0.636. The van der Waals surface area contributed by atoms with Crippen molar-refractivity contribution in [3.8, 4) is 0 Å². The zero-order chi connectivity index (χ0) is 6.85. The van der Waals surface area contributed by atoms with Crippen molar-refractivity contribution in [1.82, 2.24) is 4.98 Å². The molecule has 1 rings (SSSR count). The number of pyridine rings is 1. The van der Waals surface area contributed by atoms with Gasteiger partial charge in [0.25, 0.3) is 0 Å². The van der Waals surface area contributed by atoms with Gasteiger partial charge in [0.05, 0.1) is 17.6 Å². The van der Waals surface area contributed by atoms with Gasteiger partial charge in [-0.2, -0.15) is 0 Å². The van der Waals surface area contributed by atoms with E-state index in [2.05, 4.69) is 20.9 Å². The standard InChI is InChI=1S/C5H6BrN3/c6-5-4(8)1-3(7)2-9-5/h1-2H,7-8H2. The van der Waals surface area contributed by atoms with E-state index < -0.39 is 0 Å². The fourth-order valence-electron chi connectivity index (χ4n) is 0.482. The van der Waals surface area contributed by atoms with Crippen molar-refractivity contribution in [1.29, 1.82) is 0 Å². The van der Waals surface area contributed by atoms with Crippen LogP contribution in [-0.2, 0) is 0 Å². The molecule has 0 saturated carbocycles. The first-order valence-corrected chi connectivity index (χ1v) is 3.16. The van der Waals surface area contributed by atoms with Crippen LogP contribution in [0.15, 0.2) is 16.9 Å². The van der Waals surface area contributed by atoms with Gasteiger partial charge in [-0.15, -0.1) is 0 Å². The van der Waals surface area contributed by atoms with Crippen molar-refractivity contribution in [3.63, 3.8) is 0 Å². The van der Waals surface area contributed by atoms with Gasteiger partial charge in [-0.1, -0.05) is 0 Å². The number of aromatic nitrogens is 1. The summed E-state index contributed by atoms with van der Waals surface area (Å²) in [5.41, 5.74) is 11.9. The summed E-state index contributed by atoms with van der Waals surface area (Å²) in [6.07, 6.45) is 1.54. The predicted molar refractivity (Wildman–Crippen MR) is 40.8 cm³/mol. The zero-order valence-corrected chi connectivity index (χ0v) is 6.22. The highest BCUT2D eigenvalue weighted by Gasteiger charge is 1.93. The topological polar surface area (TPSA) is 64.9 Å². The Morgan fingerprint density at radius 2 is 2.11 bits per heavy atom. The highest BCUT2D eigenvalue weighted by molar-refractivity contribution is 9.10. The van der Waals surface area contributed by atoms with Crippen LogP contribution in [0.2, 0.25) is 0 Å². The van der Waals surface area contributed by atoms with Gasteiger partial charge in [-0.3, -0.25) is 0 Å². The van der Waals surface area contributed by atoms with Crippen molar-refractivity contribution < 1.29 is 0 Å². The van der Waals surface area contributed by atoms with Crippen LogP contribution in [0, 0.1) is 0 Å². The van der Waals surface area contributed by atoms with Gasteiger partial charge in [-0.05, 0) is 22.0 Å². The quantitative estimate of drug-likeness (QED) is 0.597. The molecule has 4 N–H and O–H groups in total. The molecule has 0 aromatic carbocycles. The molecule has 0 saturated heterocycles. The van der Waals surface area contributed by atoms with E-state index in [0.29, 0.717) is 16.0 Å². The molecule has 0 fully saturated rings. The Balaban J connectivity index is 3.17. The lowest BCUT2D eigenvalue weighted by Gasteiger charge is -1.95. The summed E-state index contributed by atoms with van der Waals surface area (Å²) in [6, 6.07) is 1.65. The maximum absolute atomic E-state index is 5.43. The number of hydrogen-bond donors (Lipinski definition) is 2. The summed E-state index contributed by atoms with van der Waals surface area (Å²) in [5, 5.41) is 0. The first-order chi connectivity index (χ1) is 4.20. The number of nitrogens with zero attached hydrogens (tertiary/aromatic N) is 1. The fourth-order valence-corrected chi connectivity index (χ4v) is 0.699. The van der Waals surface area contributed by atoms with Crippen LogP contribution in [0.25, 0.3) is 0 Å². The molecule has 3 nitrogen and oxygen atoms in total. The van der Waals surface area contributed by atoms with Gasteiger partial charge in [0, 0.05) is 0 Å². The van der Waals surface area contributed by atoms with Crippen LogP contribution in [0.1, 0.15) is 0 Å². The lowest BCUT2D eigenvalue weighted by Crippen LogP contribution is -1.92. The molecule has 0 spiro atoms. The second-order valence-electron chi connectivity index (χ2n) is 1.65. The summed E-state index contributed by atoms with van der Waals surface area (Å²) in [5.74, 6) is 0. The molecule has 0 atom stereocenters. The Hall–Kier alpha value is -0.770. The molecular formula is C5H6BrN3. The largest absolute Gasteiger partial charge is 0.397 e. The number of nitrogens with two attached hydrogens (primary N) is 2. The number of halogens is 1. The fraction of sp³-hybridized carbons (Fsp3) is 0. The molecule has 9 heavy (non-hydrogen) atoms. The van der Waals surface area contributed by atoms with Crippen LogP contribution in [-0.4, -0.2) is 4.98 Å². The minimum Gasteiger partial charge on any atom is -0.397 e. The molecule has 0 aliphatic carbocycles. The molecule has 0 bridgehead atoms. The Bertz CT molecular complexity index is 223.